The van der Waals surface area contributed by atoms with Crippen molar-refractivity contribution in [3.8, 4) is 11.5 Å². The maximum atomic E-state index is 14.1. The Balaban J connectivity index is 2.14. The van der Waals surface area contributed by atoms with Crippen molar-refractivity contribution >= 4 is 0 Å². The Morgan fingerprint density at radius 2 is 1.82 bits per heavy atom. The molecule has 1 aromatic carbocycles. The molecule has 0 bridgehead atoms. The average Bonchev–Trinajstić information content (AvgIpc) is 2.76. The van der Waals surface area contributed by atoms with Gasteiger partial charge in [0.15, 0.2) is 11.5 Å². The maximum absolute atomic E-state index is 14.1. The van der Waals surface area contributed by atoms with Crippen LogP contribution in [0.5, 0.6) is 11.5 Å². The average molecular weight is 237 g/mol. The van der Waals surface area contributed by atoms with Gasteiger partial charge in [-0.05, 0) is 25.0 Å². The molecule has 1 aromatic rings. The molecule has 0 unspecified atom stereocenters. The van der Waals surface area contributed by atoms with Gasteiger partial charge in [-0.15, -0.1) is 0 Å². The first-order valence-electron chi connectivity index (χ1n) is 6.08. The third-order valence-electron chi connectivity index (χ3n) is 3.65. The highest BCUT2D eigenvalue weighted by Gasteiger charge is 2.38. The van der Waals surface area contributed by atoms with Crippen LogP contribution >= 0.6 is 0 Å². The van der Waals surface area contributed by atoms with Crippen molar-refractivity contribution in [3.05, 3.63) is 23.5 Å². The predicted molar refractivity (Wildman–Crippen MR) is 61.7 cm³/mol. The zero-order chi connectivity index (χ0) is 11.9. The highest BCUT2D eigenvalue weighted by Crippen LogP contribution is 2.46. The third-order valence-corrected chi connectivity index (χ3v) is 3.65. The van der Waals surface area contributed by atoms with E-state index in [2.05, 4.69) is 0 Å². The molecule has 0 aromatic heterocycles. The number of rotatable bonds is 1. The summed E-state index contributed by atoms with van der Waals surface area (Å²) in [6.45, 7) is 0.967. The largest absolute Gasteiger partial charge is 0.486 e. The minimum absolute atomic E-state index is 0.279. The van der Waals surface area contributed by atoms with E-state index < -0.39 is 5.54 Å². The Morgan fingerprint density at radius 3 is 2.59 bits per heavy atom. The van der Waals surface area contributed by atoms with E-state index in [4.69, 9.17) is 15.2 Å². The number of halogens is 1. The minimum atomic E-state index is -0.587. The van der Waals surface area contributed by atoms with Crippen LogP contribution < -0.4 is 15.2 Å². The van der Waals surface area contributed by atoms with Crippen LogP contribution in [0.2, 0.25) is 0 Å². The number of nitrogens with two attached hydrogens (primary N) is 1. The molecule has 0 atom stereocenters. The smallest absolute Gasteiger partial charge is 0.169 e. The minimum Gasteiger partial charge on any atom is -0.486 e. The Kier molecular flexibility index (Phi) is 2.47. The van der Waals surface area contributed by atoms with E-state index in [1.54, 1.807) is 6.07 Å². The van der Waals surface area contributed by atoms with E-state index in [0.29, 0.717) is 30.3 Å². The van der Waals surface area contributed by atoms with Crippen LogP contribution in [0.15, 0.2) is 12.1 Å². The lowest BCUT2D eigenvalue weighted by atomic mass is 9.87. The van der Waals surface area contributed by atoms with Gasteiger partial charge in [0.25, 0.3) is 0 Å². The van der Waals surface area contributed by atoms with Crippen LogP contribution in [0.3, 0.4) is 0 Å². The second kappa shape index (κ2) is 3.88. The quantitative estimate of drug-likeness (QED) is 0.815. The molecule has 3 rings (SSSR count). The van der Waals surface area contributed by atoms with Crippen LogP contribution in [0.4, 0.5) is 4.39 Å². The molecular formula is C13H16FNO2. The summed E-state index contributed by atoms with van der Waals surface area (Å²) in [6.07, 6.45) is 3.70. The first kappa shape index (κ1) is 10.8. The Hall–Kier alpha value is -1.29. The summed E-state index contributed by atoms with van der Waals surface area (Å²) in [6, 6.07) is 3.04. The summed E-state index contributed by atoms with van der Waals surface area (Å²) in [5, 5.41) is 0. The molecular weight excluding hydrogens is 221 g/mol. The third kappa shape index (κ3) is 1.67. The molecule has 0 spiro atoms. The van der Waals surface area contributed by atoms with E-state index in [-0.39, 0.29) is 5.82 Å². The second-order valence-corrected chi connectivity index (χ2v) is 4.81. The van der Waals surface area contributed by atoms with Crippen LogP contribution in [0.1, 0.15) is 31.2 Å². The maximum Gasteiger partial charge on any atom is 0.169 e. The van der Waals surface area contributed by atoms with Gasteiger partial charge in [0.1, 0.15) is 19.0 Å². The Bertz CT molecular complexity index is 441. The molecule has 17 heavy (non-hydrogen) atoms. The van der Waals surface area contributed by atoms with Gasteiger partial charge in [0.05, 0.1) is 5.56 Å². The van der Waals surface area contributed by atoms with Crippen LogP contribution in [0.25, 0.3) is 0 Å². The van der Waals surface area contributed by atoms with Gasteiger partial charge < -0.3 is 15.2 Å². The summed E-state index contributed by atoms with van der Waals surface area (Å²) in [7, 11) is 0. The van der Waals surface area contributed by atoms with Crippen LogP contribution in [-0.4, -0.2) is 13.2 Å². The van der Waals surface area contributed by atoms with Crippen molar-refractivity contribution < 1.29 is 13.9 Å². The second-order valence-electron chi connectivity index (χ2n) is 4.81. The fraction of sp³-hybridized carbons (Fsp3) is 0.538. The van der Waals surface area contributed by atoms with Crippen molar-refractivity contribution in [2.75, 3.05) is 13.2 Å². The zero-order valence-corrected chi connectivity index (χ0v) is 9.67. The van der Waals surface area contributed by atoms with E-state index in [0.717, 1.165) is 25.7 Å². The monoisotopic (exact) mass is 237 g/mol. The molecule has 1 aliphatic carbocycles. The lowest BCUT2D eigenvalue weighted by molar-refractivity contribution is 0.165. The molecule has 2 aliphatic rings. The molecule has 3 nitrogen and oxygen atoms in total. The molecule has 0 amide bonds. The molecule has 1 heterocycles. The van der Waals surface area contributed by atoms with Gasteiger partial charge in [-0.2, -0.15) is 0 Å². The van der Waals surface area contributed by atoms with E-state index >= 15 is 0 Å². The number of benzene rings is 1. The van der Waals surface area contributed by atoms with Gasteiger partial charge in [0.2, 0.25) is 0 Å². The molecule has 1 saturated carbocycles. The number of hydrogen-bond acceptors (Lipinski definition) is 3. The van der Waals surface area contributed by atoms with Crippen molar-refractivity contribution in [3.63, 3.8) is 0 Å². The first-order valence-corrected chi connectivity index (χ1v) is 6.08. The molecule has 92 valence electrons. The molecule has 4 heteroatoms. The molecule has 0 saturated heterocycles. The van der Waals surface area contributed by atoms with Gasteiger partial charge in [-0.1, -0.05) is 12.8 Å². The predicted octanol–water partition coefficient (Wildman–Crippen LogP) is 2.32. The van der Waals surface area contributed by atoms with E-state index in [1.807, 2.05) is 0 Å². The fourth-order valence-corrected chi connectivity index (χ4v) is 2.81. The van der Waals surface area contributed by atoms with E-state index in [9.17, 15) is 4.39 Å². The zero-order valence-electron chi connectivity index (χ0n) is 9.67. The summed E-state index contributed by atoms with van der Waals surface area (Å²) in [5.41, 5.74) is 6.25. The van der Waals surface area contributed by atoms with Crippen molar-refractivity contribution in [1.29, 1.82) is 0 Å². The topological polar surface area (TPSA) is 44.5 Å². The van der Waals surface area contributed by atoms with Crippen LogP contribution in [-0.2, 0) is 5.54 Å². The lowest BCUT2D eigenvalue weighted by Gasteiger charge is -2.30. The summed E-state index contributed by atoms with van der Waals surface area (Å²) in [5.74, 6) is 0.851. The number of fused-ring (bicyclic) bond motifs is 1. The van der Waals surface area contributed by atoms with Crippen LogP contribution in [0, 0.1) is 5.82 Å². The van der Waals surface area contributed by atoms with Gasteiger partial charge in [-0.25, -0.2) is 4.39 Å². The lowest BCUT2D eigenvalue weighted by Crippen LogP contribution is -2.35. The molecule has 1 fully saturated rings. The Labute approximate surface area is 99.7 Å². The highest BCUT2D eigenvalue weighted by atomic mass is 19.1. The SMILES string of the molecule is NC1(c2c(F)ccc3c2OCCO3)CCCC1. The molecule has 2 N–H and O–H groups in total. The highest BCUT2D eigenvalue weighted by molar-refractivity contribution is 5.51. The van der Waals surface area contributed by atoms with Gasteiger partial charge in [0, 0.05) is 5.54 Å². The Morgan fingerprint density at radius 1 is 1.12 bits per heavy atom. The van der Waals surface area contributed by atoms with E-state index in [1.165, 1.54) is 6.07 Å². The van der Waals surface area contributed by atoms with Crippen molar-refractivity contribution in [2.24, 2.45) is 5.73 Å². The summed E-state index contributed by atoms with van der Waals surface area (Å²) >= 11 is 0. The number of hydrogen-bond donors (Lipinski definition) is 1. The molecule has 1 aliphatic heterocycles. The normalized spacial score (nSPS) is 21.5. The van der Waals surface area contributed by atoms with Gasteiger partial charge in [-0.3, -0.25) is 0 Å². The van der Waals surface area contributed by atoms with Crippen molar-refractivity contribution in [2.45, 2.75) is 31.2 Å². The van der Waals surface area contributed by atoms with Gasteiger partial charge >= 0.3 is 0 Å². The summed E-state index contributed by atoms with van der Waals surface area (Å²) < 4.78 is 25.1. The standard InChI is InChI=1S/C13H16FNO2/c14-9-3-4-10-12(17-8-7-16-10)11(9)13(15)5-1-2-6-13/h3-4H,1-2,5-8,15H2. The fourth-order valence-electron chi connectivity index (χ4n) is 2.81. The molecule has 0 radical (unpaired) electrons. The number of ether oxygens (including phenoxy) is 2. The first-order chi connectivity index (χ1) is 8.21. The summed E-state index contributed by atoms with van der Waals surface area (Å²) in [4.78, 5) is 0. The van der Waals surface area contributed by atoms with Crippen molar-refractivity contribution in [1.82, 2.24) is 0 Å².